The lowest BCUT2D eigenvalue weighted by Crippen LogP contribution is -2.34. The summed E-state index contributed by atoms with van der Waals surface area (Å²) in [6.07, 6.45) is -8.79. The highest BCUT2D eigenvalue weighted by Gasteiger charge is 2.38. The van der Waals surface area contributed by atoms with Gasteiger partial charge >= 0.3 is 18.4 Å². The summed E-state index contributed by atoms with van der Waals surface area (Å²) in [5.41, 5.74) is -2.79. The van der Waals surface area contributed by atoms with Crippen molar-refractivity contribution in [3.63, 3.8) is 0 Å². The van der Waals surface area contributed by atoms with Crippen molar-refractivity contribution < 1.29 is 40.6 Å². The number of rotatable bonds is 5. The Morgan fingerprint density at radius 3 is 2.45 bits per heavy atom. The molecule has 7 nitrogen and oxygen atoms in total. The van der Waals surface area contributed by atoms with Crippen molar-refractivity contribution in [3.05, 3.63) is 40.1 Å². The summed E-state index contributed by atoms with van der Waals surface area (Å²) in [5, 5.41) is 4.69. The van der Waals surface area contributed by atoms with Gasteiger partial charge in [-0.1, -0.05) is 15.9 Å². The van der Waals surface area contributed by atoms with E-state index in [1.807, 2.05) is 0 Å². The topological polar surface area (TPSA) is 85.4 Å². The Balaban J connectivity index is 1.75. The van der Waals surface area contributed by atoms with Crippen molar-refractivity contribution >= 4 is 33.7 Å². The van der Waals surface area contributed by atoms with Gasteiger partial charge in [-0.2, -0.15) is 26.3 Å². The summed E-state index contributed by atoms with van der Waals surface area (Å²) < 4.78 is 89.3. The molecule has 0 unspecified atom stereocenters. The van der Waals surface area contributed by atoms with Crippen LogP contribution in [0.1, 0.15) is 24.1 Å². The van der Waals surface area contributed by atoms with E-state index in [1.165, 1.54) is 6.07 Å². The first-order chi connectivity index (χ1) is 15.4. The number of halogens is 7. The quantitative estimate of drug-likeness (QED) is 0.483. The molecule has 2 N–H and O–H groups in total. The van der Waals surface area contributed by atoms with E-state index in [-0.39, 0.29) is 22.6 Å². The summed E-state index contributed by atoms with van der Waals surface area (Å²) in [5.74, 6) is -1.46. The van der Waals surface area contributed by atoms with Crippen LogP contribution in [0.4, 0.5) is 42.8 Å². The molecule has 1 aromatic carbocycles. The number of benzene rings is 1. The Morgan fingerprint density at radius 1 is 1.12 bits per heavy atom. The number of aromatic nitrogens is 2. The molecule has 2 aromatic rings. The predicted octanol–water partition coefficient (Wildman–Crippen LogP) is 5.54. The molecule has 0 saturated carbocycles. The Morgan fingerprint density at radius 2 is 1.82 bits per heavy atom. The number of ether oxygens (including phenoxy) is 2. The lowest BCUT2D eigenvalue weighted by atomic mass is 10.0. The Hall–Kier alpha value is -2.61. The van der Waals surface area contributed by atoms with Gasteiger partial charge in [0.25, 0.3) is 0 Å². The molecule has 0 atom stereocenters. The number of carbonyl (C=O) groups excluding carboxylic acids is 1. The second-order valence-electron chi connectivity index (χ2n) is 7.08. The van der Waals surface area contributed by atoms with Gasteiger partial charge in [0.05, 0.1) is 11.8 Å². The van der Waals surface area contributed by atoms with Crippen LogP contribution in [-0.2, 0) is 17.1 Å². The Bertz CT molecular complexity index is 996. The van der Waals surface area contributed by atoms with Gasteiger partial charge in [-0.25, -0.2) is 14.8 Å². The van der Waals surface area contributed by atoms with Crippen molar-refractivity contribution in [1.82, 2.24) is 15.3 Å². The van der Waals surface area contributed by atoms with Gasteiger partial charge in [-0.3, -0.25) is 0 Å². The summed E-state index contributed by atoms with van der Waals surface area (Å²) in [7, 11) is 0. The SMILES string of the molecule is O=C(NCC1CCOCC1)Oc1cnc(Nc2cc(Br)cc(C(F)(F)F)c2)nc1C(F)(F)F. The van der Waals surface area contributed by atoms with E-state index in [0.29, 0.717) is 38.3 Å². The highest BCUT2D eigenvalue weighted by Crippen LogP contribution is 2.36. The molecule has 1 saturated heterocycles. The van der Waals surface area contributed by atoms with E-state index in [0.717, 1.165) is 6.07 Å². The van der Waals surface area contributed by atoms with E-state index < -0.39 is 41.4 Å². The fourth-order valence-electron chi connectivity index (χ4n) is 2.98. The highest BCUT2D eigenvalue weighted by molar-refractivity contribution is 9.10. The van der Waals surface area contributed by atoms with Crippen LogP contribution in [0.3, 0.4) is 0 Å². The smallest absolute Gasteiger partial charge is 0.406 e. The van der Waals surface area contributed by atoms with Gasteiger partial charge in [-0.05, 0) is 37.0 Å². The zero-order valence-corrected chi connectivity index (χ0v) is 18.3. The molecular formula is C19H17BrF6N4O3. The summed E-state index contributed by atoms with van der Waals surface area (Å²) in [6.45, 7) is 1.27. The third kappa shape index (κ3) is 7.19. The molecule has 0 radical (unpaired) electrons. The predicted molar refractivity (Wildman–Crippen MR) is 107 cm³/mol. The minimum absolute atomic E-state index is 0.0389. The van der Waals surface area contributed by atoms with E-state index >= 15 is 0 Å². The number of alkyl halides is 6. The molecule has 2 heterocycles. The van der Waals surface area contributed by atoms with Gasteiger partial charge in [-0.15, -0.1) is 0 Å². The minimum atomic E-state index is -5.02. The van der Waals surface area contributed by atoms with Gasteiger partial charge < -0.3 is 20.1 Å². The molecule has 1 amide bonds. The van der Waals surface area contributed by atoms with E-state index in [2.05, 4.69) is 36.5 Å². The van der Waals surface area contributed by atoms with Gasteiger partial charge in [0.2, 0.25) is 5.95 Å². The first kappa shape index (κ1) is 25.0. The lowest BCUT2D eigenvalue weighted by Gasteiger charge is -2.22. The van der Waals surface area contributed by atoms with E-state index in [1.54, 1.807) is 0 Å². The van der Waals surface area contributed by atoms with Crippen LogP contribution >= 0.6 is 15.9 Å². The maximum absolute atomic E-state index is 13.5. The Labute approximate surface area is 192 Å². The maximum Gasteiger partial charge on any atom is 0.437 e. The van der Waals surface area contributed by atoms with Crippen LogP contribution in [-0.4, -0.2) is 35.8 Å². The van der Waals surface area contributed by atoms with Crippen LogP contribution in [0.25, 0.3) is 0 Å². The van der Waals surface area contributed by atoms with E-state index in [9.17, 15) is 31.1 Å². The van der Waals surface area contributed by atoms with Crippen molar-refractivity contribution in [2.75, 3.05) is 25.1 Å². The second-order valence-corrected chi connectivity index (χ2v) is 8.00. The van der Waals surface area contributed by atoms with Gasteiger partial charge in [0.15, 0.2) is 11.4 Å². The molecule has 1 aliphatic rings. The Kier molecular flexibility index (Phi) is 7.67. The average molecular weight is 543 g/mol. The average Bonchev–Trinajstić information content (AvgIpc) is 2.72. The molecule has 1 aliphatic heterocycles. The standard InChI is InChI=1S/C19H17BrF6N4O3/c20-12-5-11(18(21,22)23)6-13(7-12)29-16-27-9-14(15(30-16)19(24,25)26)33-17(31)28-8-10-1-3-32-4-2-10/h5-7,9-10H,1-4,8H2,(H,28,31)(H,27,29,30). The number of nitrogens with one attached hydrogen (secondary N) is 2. The van der Waals surface area contributed by atoms with Crippen molar-refractivity contribution in [1.29, 1.82) is 0 Å². The maximum atomic E-state index is 13.5. The molecule has 0 spiro atoms. The normalized spacial score (nSPS) is 15.2. The highest BCUT2D eigenvalue weighted by atomic mass is 79.9. The number of nitrogens with zero attached hydrogens (tertiary/aromatic N) is 2. The number of carbonyl (C=O) groups is 1. The van der Waals surface area contributed by atoms with Crippen LogP contribution in [0, 0.1) is 5.92 Å². The van der Waals surface area contributed by atoms with E-state index in [4.69, 9.17) is 9.47 Å². The molecule has 3 rings (SSSR count). The molecule has 14 heteroatoms. The van der Waals surface area contributed by atoms with Gasteiger partial charge in [0, 0.05) is 29.9 Å². The zero-order chi connectivity index (χ0) is 24.2. The largest absolute Gasteiger partial charge is 0.437 e. The van der Waals surface area contributed by atoms with Crippen molar-refractivity contribution in [2.45, 2.75) is 25.2 Å². The van der Waals surface area contributed by atoms with Crippen molar-refractivity contribution in [2.24, 2.45) is 5.92 Å². The van der Waals surface area contributed by atoms with Crippen molar-refractivity contribution in [3.8, 4) is 5.75 Å². The minimum Gasteiger partial charge on any atom is -0.406 e. The first-order valence-electron chi connectivity index (χ1n) is 9.54. The molecule has 1 aromatic heterocycles. The lowest BCUT2D eigenvalue weighted by molar-refractivity contribution is -0.142. The number of anilines is 2. The molecule has 0 bridgehead atoms. The number of hydrogen-bond donors (Lipinski definition) is 2. The molecule has 0 aliphatic carbocycles. The first-order valence-corrected chi connectivity index (χ1v) is 10.3. The number of hydrogen-bond acceptors (Lipinski definition) is 6. The fourth-order valence-corrected chi connectivity index (χ4v) is 3.47. The second kappa shape index (κ2) is 10.1. The van der Waals surface area contributed by atoms with Crippen LogP contribution < -0.4 is 15.4 Å². The third-order valence-electron chi connectivity index (χ3n) is 4.58. The fraction of sp³-hybridized carbons (Fsp3) is 0.421. The van der Waals surface area contributed by atoms with Gasteiger partial charge in [0.1, 0.15) is 0 Å². The van der Waals surface area contributed by atoms with Crippen LogP contribution in [0.5, 0.6) is 5.75 Å². The number of amides is 1. The van der Waals surface area contributed by atoms with Crippen LogP contribution in [0.15, 0.2) is 28.9 Å². The molecule has 1 fully saturated rings. The molecule has 33 heavy (non-hydrogen) atoms. The van der Waals surface area contributed by atoms with Crippen LogP contribution in [0.2, 0.25) is 0 Å². The summed E-state index contributed by atoms with van der Waals surface area (Å²) in [4.78, 5) is 18.9. The third-order valence-corrected chi connectivity index (χ3v) is 5.04. The molecule has 180 valence electrons. The monoisotopic (exact) mass is 542 g/mol. The zero-order valence-electron chi connectivity index (χ0n) is 16.7. The summed E-state index contributed by atoms with van der Waals surface area (Å²) in [6, 6.07) is 2.71. The molecular weight excluding hydrogens is 526 g/mol. The summed E-state index contributed by atoms with van der Waals surface area (Å²) >= 11 is 2.91.